The third-order valence-electron chi connectivity index (χ3n) is 3.62. The van der Waals surface area contributed by atoms with Gasteiger partial charge in [0.25, 0.3) is 0 Å². The normalized spacial score (nSPS) is 27.0. The predicted octanol–water partition coefficient (Wildman–Crippen LogP) is 2.98. The monoisotopic (exact) mass is 336 g/mol. The molecule has 0 saturated carbocycles. The molecule has 0 bridgehead atoms. The number of rotatable bonds is 2. The molecular formula is C13H8ClF3O3S. The van der Waals surface area contributed by atoms with Crippen LogP contribution in [0.15, 0.2) is 18.2 Å². The van der Waals surface area contributed by atoms with Crippen LogP contribution in [0, 0.1) is 17.8 Å². The third-order valence-corrected chi connectivity index (χ3v) is 4.91. The number of hydrogen-bond acceptors (Lipinski definition) is 3. The van der Waals surface area contributed by atoms with Gasteiger partial charge in [-0.05, 0) is 30.5 Å². The molecule has 2 aliphatic carbocycles. The SMILES string of the molecule is O=S(=O)(OC12C#CC1CCc1ccc(Cl)cc12)C(F)(F)F. The van der Waals surface area contributed by atoms with Crippen molar-refractivity contribution in [2.75, 3.05) is 0 Å². The van der Waals surface area contributed by atoms with Crippen molar-refractivity contribution in [3.05, 3.63) is 34.3 Å². The molecule has 1 aromatic carbocycles. The van der Waals surface area contributed by atoms with Crippen LogP contribution in [-0.2, 0) is 26.3 Å². The van der Waals surface area contributed by atoms with E-state index < -0.39 is 27.1 Å². The van der Waals surface area contributed by atoms with Gasteiger partial charge in [0.2, 0.25) is 0 Å². The van der Waals surface area contributed by atoms with E-state index in [9.17, 15) is 21.6 Å². The molecule has 2 unspecified atom stereocenters. The minimum atomic E-state index is -5.74. The Morgan fingerprint density at radius 3 is 2.67 bits per heavy atom. The summed E-state index contributed by atoms with van der Waals surface area (Å²) in [6.07, 6.45) is 1.03. The van der Waals surface area contributed by atoms with Crippen LogP contribution in [0.3, 0.4) is 0 Å². The lowest BCUT2D eigenvalue weighted by molar-refractivity contribution is -0.0664. The van der Waals surface area contributed by atoms with Crippen LogP contribution >= 0.6 is 11.6 Å². The van der Waals surface area contributed by atoms with Crippen molar-refractivity contribution in [2.45, 2.75) is 24.0 Å². The second-order valence-electron chi connectivity index (χ2n) is 4.88. The van der Waals surface area contributed by atoms with Gasteiger partial charge >= 0.3 is 15.6 Å². The summed E-state index contributed by atoms with van der Waals surface area (Å²) in [5.74, 6) is 4.55. The van der Waals surface area contributed by atoms with Crippen molar-refractivity contribution >= 4 is 21.7 Å². The average Bonchev–Trinajstić information content (AvgIpc) is 2.33. The molecular weight excluding hydrogens is 329 g/mol. The fourth-order valence-corrected chi connectivity index (χ4v) is 3.45. The summed E-state index contributed by atoms with van der Waals surface area (Å²) in [6, 6.07) is 4.67. The number of hydrogen-bond donors (Lipinski definition) is 0. The van der Waals surface area contributed by atoms with E-state index in [1.165, 1.54) is 6.07 Å². The molecule has 0 amide bonds. The van der Waals surface area contributed by atoms with E-state index in [1.54, 1.807) is 12.1 Å². The first-order chi connectivity index (χ1) is 9.66. The Bertz CT molecular complexity index is 776. The van der Waals surface area contributed by atoms with Crippen molar-refractivity contribution in [2.24, 2.45) is 5.92 Å². The molecule has 0 spiro atoms. The Balaban J connectivity index is 2.11. The average molecular weight is 337 g/mol. The molecule has 8 heteroatoms. The standard InChI is InChI=1S/C13H8ClF3O3S/c14-10-4-2-8-1-3-9-5-6-12(9,11(8)7-10)20-21(18,19)13(15,16)17/h2,4,7,9H,1,3H2. The first kappa shape index (κ1) is 14.7. The van der Waals surface area contributed by atoms with E-state index in [-0.39, 0.29) is 5.02 Å². The molecule has 0 radical (unpaired) electrons. The lowest BCUT2D eigenvalue weighted by Gasteiger charge is -2.42. The van der Waals surface area contributed by atoms with Gasteiger partial charge in [0.15, 0.2) is 5.60 Å². The zero-order valence-corrected chi connectivity index (χ0v) is 11.9. The number of halogens is 4. The van der Waals surface area contributed by atoms with Crippen molar-refractivity contribution in [1.29, 1.82) is 0 Å². The topological polar surface area (TPSA) is 43.4 Å². The summed E-state index contributed by atoms with van der Waals surface area (Å²) in [6.45, 7) is 0. The fraction of sp³-hybridized carbons (Fsp3) is 0.385. The number of alkyl halides is 3. The Labute approximate surface area is 124 Å². The summed E-state index contributed by atoms with van der Waals surface area (Å²) < 4.78 is 65.0. The second kappa shape index (κ2) is 4.38. The van der Waals surface area contributed by atoms with Crippen LogP contribution in [0.4, 0.5) is 13.2 Å². The number of fused-ring (bicyclic) bond motifs is 3. The Morgan fingerprint density at radius 1 is 1.38 bits per heavy atom. The highest BCUT2D eigenvalue weighted by Gasteiger charge is 2.58. The molecule has 0 N–H and O–H groups in total. The van der Waals surface area contributed by atoms with Gasteiger partial charge < -0.3 is 0 Å². The van der Waals surface area contributed by atoms with Crippen molar-refractivity contribution < 1.29 is 25.8 Å². The molecule has 0 saturated heterocycles. The molecule has 0 aromatic heterocycles. The molecule has 0 heterocycles. The Hall–Kier alpha value is -1.23. The van der Waals surface area contributed by atoms with E-state index in [0.717, 1.165) is 0 Å². The minimum Gasteiger partial charge on any atom is -0.237 e. The van der Waals surface area contributed by atoms with E-state index in [0.29, 0.717) is 24.0 Å². The predicted molar refractivity (Wildman–Crippen MR) is 68.8 cm³/mol. The van der Waals surface area contributed by atoms with Gasteiger partial charge in [0, 0.05) is 10.6 Å². The zero-order valence-electron chi connectivity index (χ0n) is 10.4. The molecule has 112 valence electrons. The number of aryl methyl sites for hydroxylation is 1. The van der Waals surface area contributed by atoms with Gasteiger partial charge in [-0.3, -0.25) is 0 Å². The molecule has 21 heavy (non-hydrogen) atoms. The molecule has 1 aromatic rings. The lowest BCUT2D eigenvalue weighted by Crippen LogP contribution is -2.48. The van der Waals surface area contributed by atoms with Crippen LogP contribution in [0.25, 0.3) is 0 Å². The van der Waals surface area contributed by atoms with E-state index >= 15 is 0 Å². The molecule has 0 fully saturated rings. The van der Waals surface area contributed by atoms with Crippen molar-refractivity contribution in [3.63, 3.8) is 0 Å². The largest absolute Gasteiger partial charge is 0.523 e. The Kier molecular flexibility index (Phi) is 3.07. The summed E-state index contributed by atoms with van der Waals surface area (Å²) >= 11 is 5.86. The van der Waals surface area contributed by atoms with Gasteiger partial charge in [-0.25, -0.2) is 4.18 Å². The van der Waals surface area contributed by atoms with Crippen LogP contribution in [0.5, 0.6) is 0 Å². The molecule has 2 atom stereocenters. The van der Waals surface area contributed by atoms with E-state index in [4.69, 9.17) is 11.6 Å². The van der Waals surface area contributed by atoms with E-state index in [2.05, 4.69) is 16.0 Å². The summed E-state index contributed by atoms with van der Waals surface area (Å²) in [5.41, 5.74) is -6.26. The maximum atomic E-state index is 12.6. The summed E-state index contributed by atoms with van der Waals surface area (Å²) in [7, 11) is -5.74. The van der Waals surface area contributed by atoms with Crippen LogP contribution in [0.2, 0.25) is 5.02 Å². The van der Waals surface area contributed by atoms with Gasteiger partial charge in [0.05, 0.1) is 5.92 Å². The highest BCUT2D eigenvalue weighted by molar-refractivity contribution is 7.87. The van der Waals surface area contributed by atoms with Crippen molar-refractivity contribution in [3.8, 4) is 11.8 Å². The zero-order chi connectivity index (χ0) is 15.5. The maximum absolute atomic E-state index is 12.6. The van der Waals surface area contributed by atoms with Crippen LogP contribution in [-0.4, -0.2) is 13.9 Å². The minimum absolute atomic E-state index is 0.287. The first-order valence-electron chi connectivity index (χ1n) is 5.99. The van der Waals surface area contributed by atoms with Gasteiger partial charge in [-0.1, -0.05) is 29.5 Å². The highest BCUT2D eigenvalue weighted by Crippen LogP contribution is 2.49. The van der Waals surface area contributed by atoms with Gasteiger partial charge in [0.1, 0.15) is 0 Å². The number of benzene rings is 1. The molecule has 3 rings (SSSR count). The smallest absolute Gasteiger partial charge is 0.237 e. The Morgan fingerprint density at radius 2 is 2.10 bits per heavy atom. The molecule has 0 aliphatic heterocycles. The molecule has 3 nitrogen and oxygen atoms in total. The lowest BCUT2D eigenvalue weighted by atomic mass is 9.67. The highest BCUT2D eigenvalue weighted by atomic mass is 35.5. The summed E-state index contributed by atoms with van der Waals surface area (Å²) in [4.78, 5) is 0. The van der Waals surface area contributed by atoms with Gasteiger partial charge in [-0.2, -0.15) is 21.6 Å². The van der Waals surface area contributed by atoms with Gasteiger partial charge in [-0.15, -0.1) is 0 Å². The van der Waals surface area contributed by atoms with Crippen molar-refractivity contribution in [1.82, 2.24) is 0 Å². The maximum Gasteiger partial charge on any atom is 0.523 e. The van der Waals surface area contributed by atoms with Crippen LogP contribution in [0.1, 0.15) is 17.5 Å². The molecule has 2 aliphatic rings. The summed E-state index contributed by atoms with van der Waals surface area (Å²) in [5, 5.41) is 0.287. The quantitative estimate of drug-likeness (QED) is 0.474. The van der Waals surface area contributed by atoms with Crippen LogP contribution < -0.4 is 0 Å². The second-order valence-corrected chi connectivity index (χ2v) is 6.86. The first-order valence-corrected chi connectivity index (χ1v) is 7.78. The van der Waals surface area contributed by atoms with E-state index in [1.807, 2.05) is 0 Å². The fourth-order valence-electron chi connectivity index (χ4n) is 2.59. The third kappa shape index (κ3) is 2.13.